The molecule has 1 N–H and O–H groups in total. The zero-order valence-corrected chi connectivity index (χ0v) is 15.6. The second kappa shape index (κ2) is 7.32. The molecule has 1 atom stereocenters. The summed E-state index contributed by atoms with van der Waals surface area (Å²) in [5.41, 5.74) is 1.80. The molecule has 1 aliphatic heterocycles. The number of nitrogens with zero attached hydrogens (tertiary/aromatic N) is 1. The molecule has 2 aromatic carbocycles. The molecular formula is C22H26N2O2. The van der Waals surface area contributed by atoms with Crippen molar-refractivity contribution in [2.75, 3.05) is 6.54 Å². The predicted molar refractivity (Wildman–Crippen MR) is 102 cm³/mol. The van der Waals surface area contributed by atoms with Crippen molar-refractivity contribution >= 4 is 11.8 Å². The lowest BCUT2D eigenvalue weighted by Crippen LogP contribution is -2.43. The maximum Gasteiger partial charge on any atom is 0.226 e. The molecular weight excluding hydrogens is 324 g/mol. The summed E-state index contributed by atoms with van der Waals surface area (Å²) in [6.07, 6.45) is 0.277. The number of carbonyl (C=O) groups excluding carboxylic acids is 2. The van der Waals surface area contributed by atoms with E-state index in [2.05, 4.69) is 5.32 Å². The number of likely N-dealkylation sites (tertiary alicyclic amines) is 1. The van der Waals surface area contributed by atoms with E-state index in [1.807, 2.05) is 81.4 Å². The first kappa shape index (κ1) is 18.2. The number of benzene rings is 2. The normalized spacial score (nSPS) is 17.6. The van der Waals surface area contributed by atoms with Crippen LogP contribution in [0.25, 0.3) is 0 Å². The number of rotatable bonds is 4. The molecule has 0 radical (unpaired) electrons. The van der Waals surface area contributed by atoms with Crippen LogP contribution in [0.3, 0.4) is 0 Å². The Kier molecular flexibility index (Phi) is 5.12. The third-order valence-electron chi connectivity index (χ3n) is 4.86. The van der Waals surface area contributed by atoms with Crippen LogP contribution in [0.5, 0.6) is 0 Å². The Morgan fingerprint density at radius 3 is 1.92 bits per heavy atom. The summed E-state index contributed by atoms with van der Waals surface area (Å²) in [5, 5.41) is 3.17. The van der Waals surface area contributed by atoms with Gasteiger partial charge in [-0.2, -0.15) is 0 Å². The smallest absolute Gasteiger partial charge is 0.226 e. The number of carbonyl (C=O) groups is 2. The van der Waals surface area contributed by atoms with Crippen molar-refractivity contribution in [1.29, 1.82) is 0 Å². The Balaban J connectivity index is 1.80. The van der Waals surface area contributed by atoms with E-state index in [4.69, 9.17) is 0 Å². The van der Waals surface area contributed by atoms with Gasteiger partial charge in [0.25, 0.3) is 0 Å². The Labute approximate surface area is 155 Å². The molecule has 1 saturated heterocycles. The fourth-order valence-corrected chi connectivity index (χ4v) is 3.44. The summed E-state index contributed by atoms with van der Waals surface area (Å²) in [4.78, 5) is 27.0. The lowest BCUT2D eigenvalue weighted by atomic mass is 9.97. The highest BCUT2D eigenvalue weighted by molar-refractivity contribution is 5.90. The zero-order chi connectivity index (χ0) is 18.7. The molecule has 0 aromatic heterocycles. The summed E-state index contributed by atoms with van der Waals surface area (Å²) in [7, 11) is 0. The minimum Gasteiger partial charge on any atom is -0.345 e. The van der Waals surface area contributed by atoms with E-state index in [0.717, 1.165) is 11.1 Å². The molecule has 2 amide bonds. The van der Waals surface area contributed by atoms with Crippen LogP contribution in [0.4, 0.5) is 0 Å². The van der Waals surface area contributed by atoms with Crippen molar-refractivity contribution in [3.63, 3.8) is 0 Å². The monoisotopic (exact) mass is 350 g/mol. The lowest BCUT2D eigenvalue weighted by molar-refractivity contribution is -0.132. The molecule has 136 valence electrons. The molecule has 26 heavy (non-hydrogen) atoms. The Morgan fingerprint density at radius 2 is 1.50 bits per heavy atom. The van der Waals surface area contributed by atoms with Crippen molar-refractivity contribution in [2.24, 2.45) is 5.92 Å². The van der Waals surface area contributed by atoms with Gasteiger partial charge in [0, 0.05) is 18.5 Å². The first-order valence-electron chi connectivity index (χ1n) is 9.07. The summed E-state index contributed by atoms with van der Waals surface area (Å²) >= 11 is 0. The molecule has 4 nitrogen and oxygen atoms in total. The minimum absolute atomic E-state index is 0.0497. The Hall–Kier alpha value is -2.62. The fraction of sp³-hybridized carbons (Fsp3) is 0.364. The second-order valence-corrected chi connectivity index (χ2v) is 7.84. The maximum absolute atomic E-state index is 12.9. The molecule has 1 unspecified atom stereocenters. The molecule has 0 aliphatic carbocycles. The second-order valence-electron chi connectivity index (χ2n) is 7.84. The molecule has 0 bridgehead atoms. The van der Waals surface area contributed by atoms with Crippen LogP contribution < -0.4 is 5.32 Å². The molecule has 1 aliphatic rings. The van der Waals surface area contributed by atoms with Gasteiger partial charge in [0.15, 0.2) is 0 Å². The third-order valence-corrected chi connectivity index (χ3v) is 4.86. The Bertz CT molecular complexity index is 726. The van der Waals surface area contributed by atoms with Gasteiger partial charge in [-0.25, -0.2) is 0 Å². The van der Waals surface area contributed by atoms with Crippen molar-refractivity contribution < 1.29 is 9.59 Å². The number of hydrogen-bond acceptors (Lipinski definition) is 2. The number of amides is 2. The van der Waals surface area contributed by atoms with Gasteiger partial charge in [0.2, 0.25) is 11.8 Å². The van der Waals surface area contributed by atoms with E-state index >= 15 is 0 Å². The number of hydrogen-bond donors (Lipinski definition) is 1. The van der Waals surface area contributed by atoms with Crippen molar-refractivity contribution in [3.8, 4) is 0 Å². The minimum atomic E-state index is -0.309. The quantitative estimate of drug-likeness (QED) is 0.917. The largest absolute Gasteiger partial charge is 0.345 e. The average molecular weight is 350 g/mol. The van der Waals surface area contributed by atoms with Crippen LogP contribution in [0.2, 0.25) is 0 Å². The third kappa shape index (κ3) is 3.96. The highest BCUT2D eigenvalue weighted by Crippen LogP contribution is 2.28. The van der Waals surface area contributed by atoms with E-state index in [1.165, 1.54) is 0 Å². The van der Waals surface area contributed by atoms with Gasteiger partial charge in [-0.1, -0.05) is 60.7 Å². The van der Waals surface area contributed by atoms with Gasteiger partial charge in [0.05, 0.1) is 12.0 Å². The van der Waals surface area contributed by atoms with Gasteiger partial charge in [-0.3, -0.25) is 9.59 Å². The van der Waals surface area contributed by atoms with Crippen molar-refractivity contribution in [1.82, 2.24) is 10.2 Å². The topological polar surface area (TPSA) is 49.4 Å². The highest BCUT2D eigenvalue weighted by atomic mass is 16.2. The van der Waals surface area contributed by atoms with Gasteiger partial charge in [-0.15, -0.1) is 0 Å². The van der Waals surface area contributed by atoms with Crippen LogP contribution in [0.15, 0.2) is 60.7 Å². The summed E-state index contributed by atoms with van der Waals surface area (Å²) in [6, 6.07) is 19.6. The summed E-state index contributed by atoms with van der Waals surface area (Å²) < 4.78 is 0. The van der Waals surface area contributed by atoms with E-state index in [9.17, 15) is 9.59 Å². The predicted octanol–water partition coefficient (Wildman–Crippen LogP) is 3.54. The van der Waals surface area contributed by atoms with Gasteiger partial charge in [-0.05, 0) is 31.9 Å². The first-order valence-corrected chi connectivity index (χ1v) is 9.07. The molecule has 3 rings (SSSR count). The van der Waals surface area contributed by atoms with Gasteiger partial charge < -0.3 is 10.2 Å². The highest BCUT2D eigenvalue weighted by Gasteiger charge is 2.39. The van der Waals surface area contributed by atoms with E-state index in [0.29, 0.717) is 6.54 Å². The average Bonchev–Trinajstić information content (AvgIpc) is 3.03. The molecule has 1 fully saturated rings. The number of nitrogens with one attached hydrogen (secondary N) is 1. The van der Waals surface area contributed by atoms with Crippen molar-refractivity contribution in [3.05, 3.63) is 71.8 Å². The molecule has 0 saturated carbocycles. The van der Waals surface area contributed by atoms with E-state index in [-0.39, 0.29) is 35.7 Å². The van der Waals surface area contributed by atoms with E-state index in [1.54, 1.807) is 4.90 Å². The molecule has 4 heteroatoms. The van der Waals surface area contributed by atoms with Gasteiger partial charge >= 0.3 is 0 Å². The van der Waals surface area contributed by atoms with Crippen LogP contribution in [-0.4, -0.2) is 28.8 Å². The van der Waals surface area contributed by atoms with E-state index < -0.39 is 0 Å². The van der Waals surface area contributed by atoms with Crippen LogP contribution >= 0.6 is 0 Å². The first-order chi connectivity index (χ1) is 12.4. The van der Waals surface area contributed by atoms with Crippen molar-refractivity contribution in [2.45, 2.75) is 38.8 Å². The maximum atomic E-state index is 12.9. The fourth-order valence-electron chi connectivity index (χ4n) is 3.44. The van der Waals surface area contributed by atoms with Crippen LogP contribution in [0, 0.1) is 5.92 Å². The standard InChI is InChI=1S/C22H26N2O2/c1-22(2,3)24-15-18(14-19(24)25)21(26)23-20(16-10-6-4-7-11-16)17-12-8-5-9-13-17/h4-13,18,20H,14-15H2,1-3H3,(H,23,26). The zero-order valence-electron chi connectivity index (χ0n) is 15.6. The SMILES string of the molecule is CC(C)(C)N1CC(C(=O)NC(c2ccccc2)c2ccccc2)CC1=O. The lowest BCUT2D eigenvalue weighted by Gasteiger charge is -2.32. The Morgan fingerprint density at radius 1 is 1.00 bits per heavy atom. The summed E-state index contributed by atoms with van der Waals surface area (Å²) in [5.74, 6) is -0.326. The molecule has 2 aromatic rings. The van der Waals surface area contributed by atoms with Crippen LogP contribution in [-0.2, 0) is 9.59 Å². The van der Waals surface area contributed by atoms with Gasteiger partial charge in [0.1, 0.15) is 0 Å². The molecule has 1 heterocycles. The van der Waals surface area contributed by atoms with Crippen LogP contribution in [0.1, 0.15) is 44.4 Å². The summed E-state index contributed by atoms with van der Waals surface area (Å²) in [6.45, 7) is 6.48. The molecule has 0 spiro atoms.